The van der Waals surface area contributed by atoms with Gasteiger partial charge < -0.3 is 0 Å². The molecular formula is C22H26N2. The summed E-state index contributed by atoms with van der Waals surface area (Å²) in [5.74, 6) is 0. The highest BCUT2D eigenvalue weighted by Crippen LogP contribution is 2.34. The van der Waals surface area contributed by atoms with Crippen LogP contribution in [0.4, 0.5) is 0 Å². The molecule has 0 radical (unpaired) electrons. The lowest BCUT2D eigenvalue weighted by atomic mass is 9.78. The van der Waals surface area contributed by atoms with Crippen LogP contribution in [0.1, 0.15) is 37.3 Å². The largest absolute Gasteiger partial charge is 0.299 e. The molecule has 1 aliphatic rings. The molecular weight excluding hydrogens is 292 g/mol. The van der Waals surface area contributed by atoms with Crippen molar-refractivity contribution in [3.8, 4) is 17.2 Å². The van der Waals surface area contributed by atoms with Gasteiger partial charge >= 0.3 is 0 Å². The van der Waals surface area contributed by atoms with Gasteiger partial charge in [-0.3, -0.25) is 4.90 Å². The van der Waals surface area contributed by atoms with E-state index in [2.05, 4.69) is 73.3 Å². The maximum atomic E-state index is 8.96. The smallest absolute Gasteiger partial charge is 0.0627 e. The number of rotatable bonds is 4. The van der Waals surface area contributed by atoms with Gasteiger partial charge in [0.25, 0.3) is 0 Å². The van der Waals surface area contributed by atoms with Crippen molar-refractivity contribution in [1.29, 1.82) is 5.26 Å². The molecule has 0 aliphatic carbocycles. The predicted octanol–water partition coefficient (Wildman–Crippen LogP) is 5.18. The number of nitriles is 1. The van der Waals surface area contributed by atoms with Crippen LogP contribution < -0.4 is 0 Å². The molecule has 2 heteroatoms. The molecule has 2 aromatic carbocycles. The summed E-state index contributed by atoms with van der Waals surface area (Å²) in [5, 5.41) is 8.96. The highest BCUT2D eigenvalue weighted by Gasteiger charge is 2.29. The Kier molecular flexibility index (Phi) is 5.02. The fourth-order valence-electron chi connectivity index (χ4n) is 3.43. The molecule has 1 aliphatic heterocycles. The van der Waals surface area contributed by atoms with Crippen molar-refractivity contribution in [3.05, 3.63) is 59.7 Å². The van der Waals surface area contributed by atoms with E-state index in [-0.39, 0.29) is 5.41 Å². The number of hydrogen-bond acceptors (Lipinski definition) is 2. The zero-order chi connectivity index (χ0) is 17.0. The minimum absolute atomic E-state index is 0.223. The van der Waals surface area contributed by atoms with E-state index in [4.69, 9.17) is 5.26 Å². The van der Waals surface area contributed by atoms with Gasteiger partial charge in [0.1, 0.15) is 0 Å². The van der Waals surface area contributed by atoms with Crippen LogP contribution in [0.3, 0.4) is 0 Å². The first-order valence-corrected chi connectivity index (χ1v) is 8.83. The first kappa shape index (κ1) is 16.7. The molecule has 1 heterocycles. The number of benzene rings is 2. The van der Waals surface area contributed by atoms with Gasteiger partial charge in [0.15, 0.2) is 0 Å². The van der Waals surface area contributed by atoms with E-state index in [9.17, 15) is 0 Å². The Bertz CT molecular complexity index is 699. The Morgan fingerprint density at radius 3 is 2.04 bits per heavy atom. The molecule has 2 aromatic rings. The summed E-state index contributed by atoms with van der Waals surface area (Å²) in [7, 11) is 0. The van der Waals surface area contributed by atoms with E-state index >= 15 is 0 Å². The van der Waals surface area contributed by atoms with Crippen molar-refractivity contribution < 1.29 is 0 Å². The van der Waals surface area contributed by atoms with E-state index in [1.165, 1.54) is 22.3 Å². The Morgan fingerprint density at radius 2 is 1.50 bits per heavy atom. The normalized spacial score (nSPS) is 17.4. The van der Waals surface area contributed by atoms with Crippen LogP contribution in [0.25, 0.3) is 11.1 Å². The minimum Gasteiger partial charge on any atom is -0.299 e. The standard InChI is InChI=1S/C22H26N2/c1-18-3-7-20(8-4-18)21-9-5-19(6-10-21)17-24-15-12-22(2,11-14-23)13-16-24/h3-10H,11-13,15-17H2,1-2H3. The van der Waals surface area contributed by atoms with Crippen molar-refractivity contribution >= 4 is 0 Å². The summed E-state index contributed by atoms with van der Waals surface area (Å²) in [6.45, 7) is 7.57. The fraction of sp³-hybridized carbons (Fsp3) is 0.409. The van der Waals surface area contributed by atoms with Crippen LogP contribution >= 0.6 is 0 Å². The molecule has 24 heavy (non-hydrogen) atoms. The highest BCUT2D eigenvalue weighted by molar-refractivity contribution is 5.63. The second kappa shape index (κ2) is 7.20. The summed E-state index contributed by atoms with van der Waals surface area (Å²) >= 11 is 0. The zero-order valence-corrected chi connectivity index (χ0v) is 14.8. The third kappa shape index (κ3) is 4.04. The summed E-state index contributed by atoms with van der Waals surface area (Å²) in [5.41, 5.74) is 5.44. The summed E-state index contributed by atoms with van der Waals surface area (Å²) < 4.78 is 0. The first-order valence-electron chi connectivity index (χ1n) is 8.83. The van der Waals surface area contributed by atoms with Crippen molar-refractivity contribution in [2.45, 2.75) is 39.7 Å². The highest BCUT2D eigenvalue weighted by atomic mass is 15.1. The Balaban J connectivity index is 1.59. The van der Waals surface area contributed by atoms with Gasteiger partial charge in [-0.2, -0.15) is 5.26 Å². The second-order valence-electron chi connectivity index (χ2n) is 7.48. The third-order valence-corrected chi connectivity index (χ3v) is 5.31. The van der Waals surface area contributed by atoms with Crippen LogP contribution in [0.5, 0.6) is 0 Å². The molecule has 0 N–H and O–H groups in total. The van der Waals surface area contributed by atoms with Crippen LogP contribution in [0, 0.1) is 23.7 Å². The lowest BCUT2D eigenvalue weighted by molar-refractivity contribution is 0.116. The third-order valence-electron chi connectivity index (χ3n) is 5.31. The van der Waals surface area contributed by atoms with Crippen molar-refractivity contribution in [3.63, 3.8) is 0 Å². The Labute approximate surface area is 145 Å². The van der Waals surface area contributed by atoms with Gasteiger partial charge in [-0.1, -0.05) is 61.0 Å². The summed E-state index contributed by atoms with van der Waals surface area (Å²) in [4.78, 5) is 2.51. The Morgan fingerprint density at radius 1 is 0.958 bits per heavy atom. The average Bonchev–Trinajstić information content (AvgIpc) is 2.59. The zero-order valence-electron chi connectivity index (χ0n) is 14.8. The molecule has 2 nitrogen and oxygen atoms in total. The van der Waals surface area contributed by atoms with Gasteiger partial charge in [-0.05, 0) is 55.0 Å². The van der Waals surface area contributed by atoms with Crippen LogP contribution in [-0.4, -0.2) is 18.0 Å². The first-order chi connectivity index (χ1) is 11.6. The lowest BCUT2D eigenvalue weighted by Crippen LogP contribution is -2.38. The fourth-order valence-corrected chi connectivity index (χ4v) is 3.43. The molecule has 0 unspecified atom stereocenters. The number of piperidine rings is 1. The maximum Gasteiger partial charge on any atom is 0.0627 e. The molecule has 0 bridgehead atoms. The summed E-state index contributed by atoms with van der Waals surface area (Å²) in [6.07, 6.45) is 2.94. The van der Waals surface area contributed by atoms with Crippen LogP contribution in [-0.2, 0) is 6.54 Å². The molecule has 124 valence electrons. The second-order valence-corrected chi connectivity index (χ2v) is 7.48. The number of aryl methyl sites for hydroxylation is 1. The topological polar surface area (TPSA) is 27.0 Å². The number of likely N-dealkylation sites (tertiary alicyclic amines) is 1. The Hall–Kier alpha value is -2.11. The molecule has 3 rings (SSSR count). The minimum atomic E-state index is 0.223. The molecule has 1 fully saturated rings. The molecule has 0 spiro atoms. The average molecular weight is 318 g/mol. The molecule has 1 saturated heterocycles. The van der Waals surface area contributed by atoms with Crippen molar-refractivity contribution in [1.82, 2.24) is 4.90 Å². The number of hydrogen-bond donors (Lipinski definition) is 0. The molecule has 0 aromatic heterocycles. The van der Waals surface area contributed by atoms with Gasteiger partial charge in [0.05, 0.1) is 6.07 Å². The van der Waals surface area contributed by atoms with E-state index in [0.29, 0.717) is 6.42 Å². The van der Waals surface area contributed by atoms with Gasteiger partial charge in [0, 0.05) is 13.0 Å². The SMILES string of the molecule is Cc1ccc(-c2ccc(CN3CCC(C)(CC#N)CC3)cc2)cc1. The van der Waals surface area contributed by atoms with Crippen molar-refractivity contribution in [2.75, 3.05) is 13.1 Å². The van der Waals surface area contributed by atoms with Gasteiger partial charge in [-0.25, -0.2) is 0 Å². The monoisotopic (exact) mass is 318 g/mol. The molecule has 0 atom stereocenters. The van der Waals surface area contributed by atoms with E-state index in [1.54, 1.807) is 0 Å². The molecule has 0 saturated carbocycles. The molecule has 0 amide bonds. The van der Waals surface area contributed by atoms with Gasteiger partial charge in [0.2, 0.25) is 0 Å². The van der Waals surface area contributed by atoms with Crippen LogP contribution in [0.2, 0.25) is 0 Å². The predicted molar refractivity (Wildman–Crippen MR) is 99.5 cm³/mol. The number of nitrogens with zero attached hydrogens (tertiary/aromatic N) is 2. The lowest BCUT2D eigenvalue weighted by Gasteiger charge is -2.38. The van der Waals surface area contributed by atoms with E-state index in [1.807, 2.05) is 0 Å². The van der Waals surface area contributed by atoms with E-state index < -0.39 is 0 Å². The van der Waals surface area contributed by atoms with Gasteiger partial charge in [-0.15, -0.1) is 0 Å². The maximum absolute atomic E-state index is 8.96. The van der Waals surface area contributed by atoms with Crippen LogP contribution in [0.15, 0.2) is 48.5 Å². The van der Waals surface area contributed by atoms with E-state index in [0.717, 1.165) is 32.5 Å². The van der Waals surface area contributed by atoms with Crippen molar-refractivity contribution in [2.24, 2.45) is 5.41 Å². The quantitative estimate of drug-likeness (QED) is 0.777. The summed E-state index contributed by atoms with van der Waals surface area (Å²) in [6, 6.07) is 20.0.